The number of anilines is 2. The summed E-state index contributed by atoms with van der Waals surface area (Å²) in [5.74, 6) is -1.88. The van der Waals surface area contributed by atoms with Gasteiger partial charge in [0.25, 0.3) is 15.9 Å². The Labute approximate surface area is 226 Å². The van der Waals surface area contributed by atoms with Crippen molar-refractivity contribution < 1.29 is 31.1 Å². The molecule has 1 saturated carbocycles. The Morgan fingerprint density at radius 3 is 2.46 bits per heavy atom. The van der Waals surface area contributed by atoms with Gasteiger partial charge in [-0.1, -0.05) is 26.0 Å². The van der Waals surface area contributed by atoms with Crippen LogP contribution in [0.3, 0.4) is 0 Å². The second-order valence-electron chi connectivity index (χ2n) is 10.5. The summed E-state index contributed by atoms with van der Waals surface area (Å²) in [6.45, 7) is 4.15. The SMILES string of the molecule is CC1CCC(C)C2C1C(O)=C(C1=NS(=O)(=O)c3cc(NS(C)(=O)=O)ccc3N1)C(=O)N2Cc1ccc(F)cc1. The molecule has 5 rings (SSSR count). The largest absolute Gasteiger partial charge is 0.511 e. The third-order valence-corrected chi connectivity index (χ3v) is 9.50. The molecule has 1 amide bonds. The lowest BCUT2D eigenvalue weighted by atomic mass is 9.67. The van der Waals surface area contributed by atoms with Gasteiger partial charge in [0.15, 0.2) is 5.84 Å². The van der Waals surface area contributed by atoms with Crippen LogP contribution in [0.1, 0.15) is 32.3 Å². The van der Waals surface area contributed by atoms with E-state index in [-0.39, 0.29) is 57.9 Å². The number of halogens is 1. The zero-order valence-electron chi connectivity index (χ0n) is 21.5. The Balaban J connectivity index is 1.59. The molecule has 0 aromatic heterocycles. The number of hydrogen-bond acceptors (Lipinski definition) is 7. The van der Waals surface area contributed by atoms with Gasteiger partial charge in [-0.15, -0.1) is 4.40 Å². The average Bonchev–Trinajstić information content (AvgIpc) is 2.84. The molecule has 3 aliphatic rings. The molecule has 0 radical (unpaired) electrons. The van der Waals surface area contributed by atoms with Gasteiger partial charge in [-0.25, -0.2) is 12.8 Å². The van der Waals surface area contributed by atoms with E-state index in [1.165, 1.54) is 24.3 Å². The zero-order chi connectivity index (χ0) is 28.3. The number of benzene rings is 2. The highest BCUT2D eigenvalue weighted by Gasteiger charge is 2.50. The van der Waals surface area contributed by atoms with Gasteiger partial charge in [0, 0.05) is 24.2 Å². The van der Waals surface area contributed by atoms with Crippen LogP contribution < -0.4 is 10.0 Å². The normalized spacial score (nSPS) is 26.3. The van der Waals surface area contributed by atoms with Crippen LogP contribution in [0.15, 0.2) is 63.1 Å². The van der Waals surface area contributed by atoms with E-state index in [0.29, 0.717) is 5.56 Å². The lowest BCUT2D eigenvalue weighted by Crippen LogP contribution is -2.57. The highest BCUT2D eigenvalue weighted by Crippen LogP contribution is 2.45. The molecule has 4 unspecified atom stereocenters. The van der Waals surface area contributed by atoms with Gasteiger partial charge in [0.2, 0.25) is 10.0 Å². The van der Waals surface area contributed by atoms with Crippen molar-refractivity contribution in [3.63, 3.8) is 0 Å². The topological polar surface area (TPSA) is 145 Å². The molecule has 4 atom stereocenters. The number of aliphatic hydroxyl groups excluding tert-OH is 1. The number of nitrogens with zero attached hydrogens (tertiary/aromatic N) is 2. The number of aliphatic hydroxyl groups is 1. The number of hydrogen-bond donors (Lipinski definition) is 3. The van der Waals surface area contributed by atoms with Crippen molar-refractivity contribution in [1.82, 2.24) is 4.90 Å². The van der Waals surface area contributed by atoms with Gasteiger partial charge in [-0.05, 0) is 60.6 Å². The first-order valence-corrected chi connectivity index (χ1v) is 15.8. The number of carbonyl (C=O) groups excluding carboxylic acids is 1. The van der Waals surface area contributed by atoms with Crippen LogP contribution in [0.5, 0.6) is 0 Å². The van der Waals surface area contributed by atoms with Crippen molar-refractivity contribution in [1.29, 1.82) is 0 Å². The highest BCUT2D eigenvalue weighted by atomic mass is 32.2. The van der Waals surface area contributed by atoms with Crippen molar-refractivity contribution in [3.05, 3.63) is 65.2 Å². The first kappa shape index (κ1) is 27.1. The van der Waals surface area contributed by atoms with Crippen LogP contribution in [0.4, 0.5) is 15.8 Å². The van der Waals surface area contributed by atoms with E-state index in [0.717, 1.165) is 25.2 Å². The summed E-state index contributed by atoms with van der Waals surface area (Å²) >= 11 is 0. The molecule has 0 bridgehead atoms. The Morgan fingerprint density at radius 1 is 1.13 bits per heavy atom. The predicted octanol–water partition coefficient (Wildman–Crippen LogP) is 3.62. The van der Waals surface area contributed by atoms with E-state index in [2.05, 4.69) is 14.4 Å². The maximum atomic E-state index is 14.0. The molecular weight excluding hydrogens is 547 g/mol. The molecule has 10 nitrogen and oxygen atoms in total. The van der Waals surface area contributed by atoms with Crippen molar-refractivity contribution in [2.45, 2.75) is 44.2 Å². The molecule has 1 fully saturated rings. The fourth-order valence-corrected chi connectivity index (χ4v) is 7.49. The third-order valence-electron chi connectivity index (χ3n) is 7.58. The maximum absolute atomic E-state index is 14.0. The van der Waals surface area contributed by atoms with E-state index >= 15 is 0 Å². The Hall–Kier alpha value is -3.45. The molecule has 2 aromatic carbocycles. The van der Waals surface area contributed by atoms with E-state index in [4.69, 9.17) is 0 Å². The second kappa shape index (κ2) is 9.63. The fourth-order valence-electron chi connectivity index (χ4n) is 5.78. The van der Waals surface area contributed by atoms with E-state index in [1.807, 2.05) is 13.8 Å². The monoisotopic (exact) mass is 576 g/mol. The molecule has 2 heterocycles. The first-order chi connectivity index (χ1) is 18.2. The number of rotatable bonds is 5. The van der Waals surface area contributed by atoms with Gasteiger partial charge in [-0.3, -0.25) is 9.52 Å². The van der Waals surface area contributed by atoms with Gasteiger partial charge in [0.1, 0.15) is 22.0 Å². The molecule has 208 valence electrons. The smallest absolute Gasteiger partial charge is 0.286 e. The number of amidine groups is 1. The minimum Gasteiger partial charge on any atom is -0.511 e. The number of sulfonamides is 2. The Bertz CT molecular complexity index is 1620. The zero-order valence-corrected chi connectivity index (χ0v) is 23.2. The lowest BCUT2D eigenvalue weighted by molar-refractivity contribution is -0.136. The number of nitrogens with one attached hydrogen (secondary N) is 2. The van der Waals surface area contributed by atoms with E-state index < -0.39 is 37.7 Å². The minimum atomic E-state index is -4.37. The molecule has 0 spiro atoms. The van der Waals surface area contributed by atoms with Crippen LogP contribution in [0.25, 0.3) is 0 Å². The van der Waals surface area contributed by atoms with Crippen molar-refractivity contribution in [2.24, 2.45) is 22.2 Å². The molecular formula is C26H29FN4O6S2. The summed E-state index contributed by atoms with van der Waals surface area (Å²) in [4.78, 5) is 15.3. The maximum Gasteiger partial charge on any atom is 0.286 e. The third kappa shape index (κ3) is 5.12. The summed E-state index contributed by atoms with van der Waals surface area (Å²) < 4.78 is 69.2. The van der Waals surface area contributed by atoms with Crippen LogP contribution in [0.2, 0.25) is 0 Å². The van der Waals surface area contributed by atoms with Crippen LogP contribution in [-0.4, -0.2) is 50.9 Å². The summed E-state index contributed by atoms with van der Waals surface area (Å²) in [7, 11) is -8.02. The summed E-state index contributed by atoms with van der Waals surface area (Å²) in [6, 6.07) is 9.34. The second-order valence-corrected chi connectivity index (χ2v) is 13.8. The van der Waals surface area contributed by atoms with E-state index in [1.54, 1.807) is 17.0 Å². The molecule has 2 aromatic rings. The number of fused-ring (bicyclic) bond motifs is 2. The summed E-state index contributed by atoms with van der Waals surface area (Å²) in [5.41, 5.74) is 0.586. The molecule has 1 aliphatic carbocycles. The summed E-state index contributed by atoms with van der Waals surface area (Å²) in [5, 5.41) is 14.3. The minimum absolute atomic E-state index is 0.00253. The molecule has 39 heavy (non-hydrogen) atoms. The van der Waals surface area contributed by atoms with Crippen LogP contribution in [-0.2, 0) is 31.4 Å². The van der Waals surface area contributed by atoms with Gasteiger partial charge in [0.05, 0.1) is 11.9 Å². The fraction of sp³-hybridized carbons (Fsp3) is 0.385. The van der Waals surface area contributed by atoms with Gasteiger partial charge < -0.3 is 15.3 Å². The molecule has 13 heteroatoms. The molecule has 0 saturated heterocycles. The number of carbonyl (C=O) groups is 1. The molecule has 3 N–H and O–H groups in total. The Kier molecular flexibility index (Phi) is 6.70. The summed E-state index contributed by atoms with van der Waals surface area (Å²) in [6.07, 6.45) is 2.61. The highest BCUT2D eigenvalue weighted by molar-refractivity contribution is 7.92. The van der Waals surface area contributed by atoms with Gasteiger partial charge in [-0.2, -0.15) is 8.42 Å². The first-order valence-electron chi connectivity index (χ1n) is 12.5. The van der Waals surface area contributed by atoms with Crippen LogP contribution in [0, 0.1) is 23.6 Å². The van der Waals surface area contributed by atoms with Crippen LogP contribution >= 0.6 is 0 Å². The van der Waals surface area contributed by atoms with Crippen molar-refractivity contribution >= 4 is 43.2 Å². The number of amides is 1. The Morgan fingerprint density at radius 2 is 1.79 bits per heavy atom. The predicted molar refractivity (Wildman–Crippen MR) is 145 cm³/mol. The van der Waals surface area contributed by atoms with E-state index in [9.17, 15) is 31.1 Å². The van der Waals surface area contributed by atoms with Crippen molar-refractivity contribution in [3.8, 4) is 0 Å². The standard InChI is InChI=1S/C26H29FN4O6S2/c1-14-4-5-15(2)23-21(14)24(32)22(26(33)31(23)13-16-6-8-17(27)9-7-16)25-28-19-11-10-18(29-38(3,34)35)12-20(19)39(36,37)30-25/h6-12,14-15,21,23,29,32H,4-5,13H2,1-3H3,(H,28,30). The average molecular weight is 577 g/mol. The lowest BCUT2D eigenvalue weighted by Gasteiger charge is -2.49. The molecule has 2 aliphatic heterocycles. The van der Waals surface area contributed by atoms with Crippen molar-refractivity contribution in [2.75, 3.05) is 16.3 Å². The van der Waals surface area contributed by atoms with Gasteiger partial charge >= 0.3 is 0 Å². The quantitative estimate of drug-likeness (QED) is 0.493.